The maximum atomic E-state index is 12.2. The number of nitrogens with zero attached hydrogens (tertiary/aromatic N) is 2. The van der Waals surface area contributed by atoms with Crippen molar-refractivity contribution in [3.8, 4) is 0 Å². The first-order valence-electron chi connectivity index (χ1n) is 8.99. The van der Waals surface area contributed by atoms with Crippen LogP contribution in [0.15, 0.2) is 48.7 Å². The lowest BCUT2D eigenvalue weighted by Crippen LogP contribution is -2.48. The van der Waals surface area contributed by atoms with Crippen LogP contribution in [0.3, 0.4) is 0 Å². The summed E-state index contributed by atoms with van der Waals surface area (Å²) in [5, 5.41) is 10.4. The maximum Gasteiger partial charge on any atom is 0.324 e. The summed E-state index contributed by atoms with van der Waals surface area (Å²) >= 11 is 0. The molecule has 0 atom stereocenters. The van der Waals surface area contributed by atoms with Crippen LogP contribution in [-0.4, -0.2) is 41.6 Å². The summed E-state index contributed by atoms with van der Waals surface area (Å²) in [4.78, 5) is 17.8. The van der Waals surface area contributed by atoms with Gasteiger partial charge in [0.25, 0.3) is 0 Å². The number of carbonyl (C=O) groups is 1. The SMILES string of the molecule is Cc1cccnc1CCCN(C(=N)N)C(=O)NCCOCc1ccccc1. The van der Waals surface area contributed by atoms with E-state index in [0.717, 1.165) is 23.2 Å². The Kier molecular flexibility index (Phi) is 8.25. The van der Waals surface area contributed by atoms with Crippen LogP contribution in [0.25, 0.3) is 0 Å². The van der Waals surface area contributed by atoms with E-state index in [1.807, 2.05) is 49.4 Å². The summed E-state index contributed by atoms with van der Waals surface area (Å²) in [5.41, 5.74) is 8.75. The molecule has 1 aromatic heterocycles. The molecule has 144 valence electrons. The number of nitrogens with two attached hydrogens (primary N) is 1. The Morgan fingerprint density at radius 2 is 2.04 bits per heavy atom. The molecule has 0 radical (unpaired) electrons. The van der Waals surface area contributed by atoms with Crippen molar-refractivity contribution in [2.45, 2.75) is 26.4 Å². The average molecular weight is 369 g/mol. The highest BCUT2D eigenvalue weighted by atomic mass is 16.5. The molecule has 7 heteroatoms. The van der Waals surface area contributed by atoms with Gasteiger partial charge in [-0.15, -0.1) is 0 Å². The van der Waals surface area contributed by atoms with Gasteiger partial charge in [0.15, 0.2) is 5.96 Å². The first-order chi connectivity index (χ1) is 13.1. The third-order valence-corrected chi connectivity index (χ3v) is 4.08. The fourth-order valence-corrected chi connectivity index (χ4v) is 2.61. The number of urea groups is 1. The Morgan fingerprint density at radius 3 is 2.74 bits per heavy atom. The van der Waals surface area contributed by atoms with E-state index in [-0.39, 0.29) is 12.0 Å². The number of aromatic nitrogens is 1. The van der Waals surface area contributed by atoms with Gasteiger partial charge in [-0.05, 0) is 37.0 Å². The van der Waals surface area contributed by atoms with E-state index < -0.39 is 0 Å². The van der Waals surface area contributed by atoms with E-state index in [4.69, 9.17) is 15.9 Å². The Labute approximate surface area is 160 Å². The molecule has 0 bridgehead atoms. The van der Waals surface area contributed by atoms with Crippen LogP contribution in [0.2, 0.25) is 0 Å². The normalized spacial score (nSPS) is 10.4. The monoisotopic (exact) mass is 369 g/mol. The molecule has 1 aromatic carbocycles. The van der Waals surface area contributed by atoms with Crippen molar-refractivity contribution in [3.05, 3.63) is 65.5 Å². The van der Waals surface area contributed by atoms with Crippen LogP contribution in [0.1, 0.15) is 23.2 Å². The van der Waals surface area contributed by atoms with Gasteiger partial charge in [-0.3, -0.25) is 15.3 Å². The summed E-state index contributed by atoms with van der Waals surface area (Å²) in [6.45, 7) is 3.61. The van der Waals surface area contributed by atoms with Crippen molar-refractivity contribution in [1.29, 1.82) is 5.41 Å². The molecule has 0 unspecified atom stereocenters. The Balaban J connectivity index is 1.69. The molecule has 27 heavy (non-hydrogen) atoms. The van der Waals surface area contributed by atoms with Gasteiger partial charge >= 0.3 is 6.03 Å². The largest absolute Gasteiger partial charge is 0.375 e. The lowest BCUT2D eigenvalue weighted by molar-refractivity contribution is 0.122. The Morgan fingerprint density at radius 1 is 1.26 bits per heavy atom. The van der Waals surface area contributed by atoms with E-state index in [0.29, 0.717) is 32.7 Å². The van der Waals surface area contributed by atoms with Gasteiger partial charge in [0.2, 0.25) is 0 Å². The minimum atomic E-state index is -0.386. The van der Waals surface area contributed by atoms with Crippen LogP contribution in [0.5, 0.6) is 0 Å². The van der Waals surface area contributed by atoms with Crippen molar-refractivity contribution in [1.82, 2.24) is 15.2 Å². The molecule has 0 spiro atoms. The summed E-state index contributed by atoms with van der Waals surface area (Å²) in [6, 6.07) is 13.4. The van der Waals surface area contributed by atoms with Gasteiger partial charge in [0, 0.05) is 25.0 Å². The second-order valence-corrected chi connectivity index (χ2v) is 6.18. The lowest BCUT2D eigenvalue weighted by atomic mass is 10.1. The number of hydrogen-bond donors (Lipinski definition) is 3. The highest BCUT2D eigenvalue weighted by Gasteiger charge is 2.15. The van der Waals surface area contributed by atoms with Crippen molar-refractivity contribution in [2.24, 2.45) is 5.73 Å². The van der Waals surface area contributed by atoms with E-state index in [9.17, 15) is 4.79 Å². The molecule has 7 nitrogen and oxygen atoms in total. The predicted molar refractivity (Wildman–Crippen MR) is 105 cm³/mol. The van der Waals surface area contributed by atoms with Gasteiger partial charge in [0.1, 0.15) is 0 Å². The van der Waals surface area contributed by atoms with Gasteiger partial charge in [-0.25, -0.2) is 4.79 Å². The number of rotatable bonds is 9. The molecule has 0 saturated heterocycles. The zero-order valence-electron chi connectivity index (χ0n) is 15.6. The molecule has 0 aliphatic carbocycles. The number of benzene rings is 1. The van der Waals surface area contributed by atoms with E-state index in [1.165, 1.54) is 4.90 Å². The number of aryl methyl sites for hydroxylation is 2. The summed E-state index contributed by atoms with van der Waals surface area (Å²) in [7, 11) is 0. The van der Waals surface area contributed by atoms with Crippen LogP contribution in [0, 0.1) is 12.3 Å². The minimum absolute atomic E-state index is 0.268. The molecule has 2 amide bonds. The zero-order valence-corrected chi connectivity index (χ0v) is 15.6. The smallest absolute Gasteiger partial charge is 0.324 e. The van der Waals surface area contributed by atoms with E-state index in [2.05, 4.69) is 10.3 Å². The lowest BCUT2D eigenvalue weighted by Gasteiger charge is -2.21. The van der Waals surface area contributed by atoms with Gasteiger partial charge in [-0.2, -0.15) is 0 Å². The number of nitrogens with one attached hydrogen (secondary N) is 2. The van der Waals surface area contributed by atoms with Crippen molar-refractivity contribution in [2.75, 3.05) is 19.7 Å². The number of hydrogen-bond acceptors (Lipinski definition) is 4. The first-order valence-corrected chi connectivity index (χ1v) is 8.99. The van der Waals surface area contributed by atoms with E-state index in [1.54, 1.807) is 6.20 Å². The predicted octanol–water partition coefficient (Wildman–Crippen LogP) is 2.44. The number of amides is 2. The first kappa shape index (κ1) is 20.4. The fourth-order valence-electron chi connectivity index (χ4n) is 2.61. The minimum Gasteiger partial charge on any atom is -0.375 e. The molecule has 1 heterocycles. The average Bonchev–Trinajstić information content (AvgIpc) is 2.66. The van der Waals surface area contributed by atoms with Crippen LogP contribution in [0.4, 0.5) is 4.79 Å². The van der Waals surface area contributed by atoms with Crippen LogP contribution < -0.4 is 11.1 Å². The quantitative estimate of drug-likeness (QED) is 0.359. The zero-order chi connectivity index (χ0) is 19.5. The van der Waals surface area contributed by atoms with Crippen LogP contribution in [-0.2, 0) is 17.8 Å². The summed E-state index contributed by atoms with van der Waals surface area (Å²) in [5.74, 6) is -0.268. The Bertz CT molecular complexity index is 736. The molecule has 0 aliphatic rings. The number of carbonyl (C=O) groups excluding carboxylic acids is 1. The second kappa shape index (κ2) is 10.9. The standard InChI is InChI=1S/C20H27N5O2/c1-16-7-5-11-23-18(16)10-6-13-25(19(21)22)20(26)24-12-14-27-15-17-8-3-2-4-9-17/h2-5,7-9,11H,6,10,12-15H2,1H3,(H3,21,22)(H,24,26). The summed E-state index contributed by atoms with van der Waals surface area (Å²) in [6.07, 6.45) is 3.16. The number of pyridine rings is 1. The van der Waals surface area contributed by atoms with Gasteiger partial charge in [-0.1, -0.05) is 36.4 Å². The van der Waals surface area contributed by atoms with E-state index >= 15 is 0 Å². The summed E-state index contributed by atoms with van der Waals surface area (Å²) < 4.78 is 5.54. The molecule has 0 saturated carbocycles. The van der Waals surface area contributed by atoms with Crippen molar-refractivity contribution < 1.29 is 9.53 Å². The van der Waals surface area contributed by atoms with Gasteiger partial charge < -0.3 is 15.8 Å². The van der Waals surface area contributed by atoms with Crippen molar-refractivity contribution >= 4 is 12.0 Å². The molecule has 0 fully saturated rings. The molecule has 2 rings (SSSR count). The number of guanidine groups is 1. The Hall–Kier alpha value is -2.93. The third-order valence-electron chi connectivity index (χ3n) is 4.08. The van der Waals surface area contributed by atoms with Gasteiger partial charge in [0.05, 0.1) is 13.2 Å². The third kappa shape index (κ3) is 7.07. The molecular formula is C20H27N5O2. The molecular weight excluding hydrogens is 342 g/mol. The second-order valence-electron chi connectivity index (χ2n) is 6.18. The topological polar surface area (TPSA) is 104 Å². The van der Waals surface area contributed by atoms with Crippen molar-refractivity contribution in [3.63, 3.8) is 0 Å². The fraction of sp³-hybridized carbons (Fsp3) is 0.350. The maximum absolute atomic E-state index is 12.2. The number of ether oxygens (including phenoxy) is 1. The highest BCUT2D eigenvalue weighted by molar-refractivity contribution is 5.93. The molecule has 0 aliphatic heterocycles. The highest BCUT2D eigenvalue weighted by Crippen LogP contribution is 2.07. The molecule has 2 aromatic rings. The van der Waals surface area contributed by atoms with Crippen LogP contribution >= 0.6 is 0 Å². The molecule has 4 N–H and O–H groups in total.